The fraction of sp³-hybridized carbons (Fsp3) is 0.632. The Kier molecular flexibility index (Phi) is 10.8. The van der Waals surface area contributed by atoms with Crippen LogP contribution in [0.2, 0.25) is 0 Å². The molecule has 0 unspecified atom stereocenters. The molecule has 0 bridgehead atoms. The minimum atomic E-state index is -4.30. The van der Waals surface area contributed by atoms with E-state index in [1.165, 1.54) is 0 Å². The number of ether oxygens (including phenoxy) is 2. The van der Waals surface area contributed by atoms with Gasteiger partial charge in [-0.2, -0.15) is 13.2 Å². The Bertz CT molecular complexity index is 546. The maximum atomic E-state index is 12.1. The van der Waals surface area contributed by atoms with Crippen LogP contribution in [-0.2, 0) is 22.6 Å². The normalized spacial score (nSPS) is 12.5. The van der Waals surface area contributed by atoms with Crippen molar-refractivity contribution in [3.63, 3.8) is 0 Å². The number of hydrogen-bond acceptors (Lipinski definition) is 3. The molecule has 0 heterocycles. The lowest BCUT2D eigenvalue weighted by molar-refractivity contribution is -0.176. The van der Waals surface area contributed by atoms with Crippen molar-refractivity contribution in [1.29, 1.82) is 0 Å². The molecular formula is C19H30F3N3O2. The van der Waals surface area contributed by atoms with E-state index in [0.29, 0.717) is 30.6 Å². The van der Waals surface area contributed by atoms with Crippen LogP contribution in [-0.4, -0.2) is 45.5 Å². The number of nitrogens with one attached hydrogen (secondary N) is 2. The second-order valence-electron chi connectivity index (χ2n) is 6.60. The molecule has 0 saturated heterocycles. The standard InChI is InChI=1S/C19H30F3N3O2/c1-15(2)12-26-10-4-9-24-18(23-3)25-11-16-5-7-17(8-6-16)13-27-14-19(20,21)22/h5-8,15H,4,9-14H2,1-3H3,(H2,23,24,25). The van der Waals surface area contributed by atoms with E-state index in [0.717, 1.165) is 25.1 Å². The smallest absolute Gasteiger partial charge is 0.381 e. The molecular weight excluding hydrogens is 359 g/mol. The predicted octanol–water partition coefficient (Wildman–Crippen LogP) is 3.49. The summed E-state index contributed by atoms with van der Waals surface area (Å²) in [6.07, 6.45) is -3.41. The van der Waals surface area contributed by atoms with Crippen molar-refractivity contribution >= 4 is 5.96 Å². The van der Waals surface area contributed by atoms with Gasteiger partial charge in [-0.15, -0.1) is 0 Å². The maximum absolute atomic E-state index is 12.1. The first-order chi connectivity index (χ1) is 12.8. The average molecular weight is 389 g/mol. The van der Waals surface area contributed by atoms with Crippen LogP contribution in [0.25, 0.3) is 0 Å². The Labute approximate surface area is 159 Å². The lowest BCUT2D eigenvalue weighted by atomic mass is 10.1. The van der Waals surface area contributed by atoms with Gasteiger partial charge in [-0.25, -0.2) is 0 Å². The quantitative estimate of drug-likeness (QED) is 0.346. The molecule has 0 fully saturated rings. The van der Waals surface area contributed by atoms with E-state index in [1.807, 2.05) is 12.1 Å². The van der Waals surface area contributed by atoms with Gasteiger partial charge in [-0.1, -0.05) is 38.1 Å². The minimum Gasteiger partial charge on any atom is -0.381 e. The van der Waals surface area contributed by atoms with Gasteiger partial charge in [0.15, 0.2) is 5.96 Å². The van der Waals surface area contributed by atoms with E-state index in [1.54, 1.807) is 19.2 Å². The summed E-state index contributed by atoms with van der Waals surface area (Å²) in [5.41, 5.74) is 1.70. The van der Waals surface area contributed by atoms with E-state index in [4.69, 9.17) is 4.74 Å². The highest BCUT2D eigenvalue weighted by atomic mass is 19.4. The van der Waals surface area contributed by atoms with Crippen LogP contribution in [0.1, 0.15) is 31.4 Å². The zero-order valence-corrected chi connectivity index (χ0v) is 16.2. The molecule has 5 nitrogen and oxygen atoms in total. The van der Waals surface area contributed by atoms with Crippen LogP contribution < -0.4 is 10.6 Å². The molecule has 154 valence electrons. The highest BCUT2D eigenvalue weighted by Crippen LogP contribution is 2.15. The number of nitrogens with zero attached hydrogens (tertiary/aromatic N) is 1. The lowest BCUT2D eigenvalue weighted by Gasteiger charge is -2.13. The first-order valence-corrected chi connectivity index (χ1v) is 9.04. The molecule has 0 aliphatic rings. The average Bonchev–Trinajstić information content (AvgIpc) is 2.60. The third kappa shape index (κ3) is 12.3. The van der Waals surface area contributed by atoms with Crippen LogP contribution in [0.5, 0.6) is 0 Å². The number of rotatable bonds is 11. The molecule has 0 aromatic heterocycles. The van der Waals surface area contributed by atoms with E-state index >= 15 is 0 Å². The summed E-state index contributed by atoms with van der Waals surface area (Å²) in [6.45, 7) is 5.74. The van der Waals surface area contributed by atoms with Crippen LogP contribution in [0.4, 0.5) is 13.2 Å². The minimum absolute atomic E-state index is 0.0602. The predicted molar refractivity (Wildman–Crippen MR) is 101 cm³/mol. The highest BCUT2D eigenvalue weighted by molar-refractivity contribution is 5.79. The van der Waals surface area contributed by atoms with Gasteiger partial charge >= 0.3 is 6.18 Å². The molecule has 1 aromatic rings. The zero-order chi connectivity index (χ0) is 20.1. The molecule has 0 aliphatic carbocycles. The van der Waals surface area contributed by atoms with Gasteiger partial charge in [-0.3, -0.25) is 4.99 Å². The Balaban J connectivity index is 2.24. The number of guanidine groups is 1. The largest absolute Gasteiger partial charge is 0.411 e. The van der Waals surface area contributed by atoms with Crippen molar-refractivity contribution in [2.45, 2.75) is 39.6 Å². The zero-order valence-electron chi connectivity index (χ0n) is 16.2. The molecule has 1 aromatic carbocycles. The van der Waals surface area contributed by atoms with Crippen molar-refractivity contribution in [3.05, 3.63) is 35.4 Å². The summed E-state index contributed by atoms with van der Waals surface area (Å²) >= 11 is 0. The van der Waals surface area contributed by atoms with Crippen molar-refractivity contribution in [1.82, 2.24) is 10.6 Å². The maximum Gasteiger partial charge on any atom is 0.411 e. The Morgan fingerprint density at radius 2 is 1.74 bits per heavy atom. The van der Waals surface area contributed by atoms with Crippen LogP contribution in [0.15, 0.2) is 29.3 Å². The Morgan fingerprint density at radius 3 is 2.33 bits per heavy atom. The summed E-state index contributed by atoms with van der Waals surface area (Å²) in [4.78, 5) is 4.16. The van der Waals surface area contributed by atoms with Gasteiger partial charge in [0, 0.05) is 33.4 Å². The van der Waals surface area contributed by atoms with Crippen LogP contribution in [0.3, 0.4) is 0 Å². The molecule has 0 atom stereocenters. The molecule has 0 aliphatic heterocycles. The summed E-state index contributed by atoms with van der Waals surface area (Å²) < 4.78 is 46.3. The first-order valence-electron chi connectivity index (χ1n) is 9.04. The molecule has 0 radical (unpaired) electrons. The Hall–Kier alpha value is -1.80. The third-order valence-corrected chi connectivity index (χ3v) is 3.45. The van der Waals surface area contributed by atoms with E-state index < -0.39 is 12.8 Å². The molecule has 27 heavy (non-hydrogen) atoms. The monoisotopic (exact) mass is 389 g/mol. The first kappa shape index (κ1) is 23.2. The number of benzene rings is 1. The lowest BCUT2D eigenvalue weighted by Crippen LogP contribution is -2.37. The highest BCUT2D eigenvalue weighted by Gasteiger charge is 2.27. The Morgan fingerprint density at radius 1 is 1.07 bits per heavy atom. The summed E-state index contributed by atoms with van der Waals surface area (Å²) in [5.74, 6) is 1.23. The van der Waals surface area contributed by atoms with Gasteiger partial charge in [0.1, 0.15) is 6.61 Å². The third-order valence-electron chi connectivity index (χ3n) is 3.45. The number of aliphatic imine (C=N–C) groups is 1. The molecule has 0 saturated carbocycles. The van der Waals surface area contributed by atoms with Gasteiger partial charge in [0.05, 0.1) is 6.61 Å². The summed E-state index contributed by atoms with van der Waals surface area (Å²) in [6, 6.07) is 7.23. The second kappa shape index (κ2) is 12.6. The van der Waals surface area contributed by atoms with Gasteiger partial charge in [-0.05, 0) is 23.5 Å². The molecule has 8 heteroatoms. The van der Waals surface area contributed by atoms with Crippen molar-refractivity contribution in [2.24, 2.45) is 10.9 Å². The van der Waals surface area contributed by atoms with Gasteiger partial charge in [0.2, 0.25) is 0 Å². The molecule has 2 N–H and O–H groups in total. The van der Waals surface area contributed by atoms with Gasteiger partial charge < -0.3 is 20.1 Å². The van der Waals surface area contributed by atoms with Crippen LogP contribution >= 0.6 is 0 Å². The second-order valence-corrected chi connectivity index (χ2v) is 6.60. The fourth-order valence-electron chi connectivity index (χ4n) is 2.14. The summed E-state index contributed by atoms with van der Waals surface area (Å²) in [7, 11) is 1.70. The van der Waals surface area contributed by atoms with Crippen molar-refractivity contribution in [2.75, 3.05) is 33.4 Å². The van der Waals surface area contributed by atoms with Crippen molar-refractivity contribution in [3.8, 4) is 0 Å². The van der Waals surface area contributed by atoms with Gasteiger partial charge in [0.25, 0.3) is 0 Å². The number of alkyl halides is 3. The molecule has 1 rings (SSSR count). The van der Waals surface area contributed by atoms with E-state index in [-0.39, 0.29) is 6.61 Å². The van der Waals surface area contributed by atoms with Crippen molar-refractivity contribution < 1.29 is 22.6 Å². The fourth-order valence-corrected chi connectivity index (χ4v) is 2.14. The number of hydrogen-bond donors (Lipinski definition) is 2. The molecule has 0 amide bonds. The van der Waals surface area contributed by atoms with Crippen LogP contribution in [0, 0.1) is 5.92 Å². The number of halogens is 3. The molecule has 0 spiro atoms. The SMILES string of the molecule is CN=C(NCCCOCC(C)C)NCc1ccc(COCC(F)(F)F)cc1. The topological polar surface area (TPSA) is 54.9 Å². The van der Waals surface area contributed by atoms with E-state index in [9.17, 15) is 13.2 Å². The van der Waals surface area contributed by atoms with E-state index in [2.05, 4.69) is 34.2 Å². The summed E-state index contributed by atoms with van der Waals surface area (Å²) in [5, 5.41) is 6.41.